The summed E-state index contributed by atoms with van der Waals surface area (Å²) in [5, 5.41) is 29.9. The van der Waals surface area contributed by atoms with Crippen molar-refractivity contribution in [3.8, 4) is 0 Å². The lowest BCUT2D eigenvalue weighted by molar-refractivity contribution is -0.132. The number of amides is 2. The minimum atomic E-state index is -3.77. The van der Waals surface area contributed by atoms with Crippen LogP contribution in [0.15, 0.2) is 41.2 Å². The Morgan fingerprint density at radius 2 is 1.67 bits per heavy atom. The van der Waals surface area contributed by atoms with E-state index in [1.54, 1.807) is 5.51 Å². The molecule has 1 saturated carbocycles. The molecule has 0 bridgehead atoms. The zero-order valence-electron chi connectivity index (χ0n) is 28.7. The SMILES string of the molecule is CC(C)CC(O)C(O)C(CC1CCCCC1)NC(=O)C(Cc1cscn1)NC(=O)C(Cc1ccccc1)CS(=O)(=O)N1CCN(C)CC1. The molecular weight excluding hydrogens is 651 g/mol. The Hall–Kier alpha value is -2.42. The average molecular weight is 706 g/mol. The number of hydrogen-bond donors (Lipinski definition) is 4. The third-order valence-electron chi connectivity index (χ3n) is 9.65. The molecule has 11 nitrogen and oxygen atoms in total. The van der Waals surface area contributed by atoms with E-state index in [2.05, 4.69) is 20.5 Å². The van der Waals surface area contributed by atoms with E-state index in [1.807, 2.05) is 56.6 Å². The number of carbonyl (C=O) groups is 2. The Morgan fingerprint density at radius 1 is 0.979 bits per heavy atom. The molecule has 4 N–H and O–H groups in total. The van der Waals surface area contributed by atoms with Gasteiger partial charge >= 0.3 is 0 Å². The van der Waals surface area contributed by atoms with E-state index in [9.17, 15) is 28.2 Å². The van der Waals surface area contributed by atoms with Crippen LogP contribution in [0.5, 0.6) is 0 Å². The molecule has 5 unspecified atom stereocenters. The van der Waals surface area contributed by atoms with Crippen molar-refractivity contribution in [1.82, 2.24) is 24.8 Å². The van der Waals surface area contributed by atoms with Gasteiger partial charge < -0.3 is 25.7 Å². The zero-order valence-corrected chi connectivity index (χ0v) is 30.3. The van der Waals surface area contributed by atoms with Gasteiger partial charge in [-0.25, -0.2) is 13.4 Å². The van der Waals surface area contributed by atoms with E-state index >= 15 is 0 Å². The fourth-order valence-corrected chi connectivity index (χ4v) is 9.12. The quantitative estimate of drug-likeness (QED) is 0.196. The van der Waals surface area contributed by atoms with Crippen LogP contribution in [0, 0.1) is 17.8 Å². The summed E-state index contributed by atoms with van der Waals surface area (Å²) in [6, 6.07) is 7.52. The molecule has 5 atom stereocenters. The third kappa shape index (κ3) is 11.9. The van der Waals surface area contributed by atoms with Gasteiger partial charge in [-0.2, -0.15) is 4.31 Å². The molecule has 1 aromatic carbocycles. The Kier molecular flexibility index (Phi) is 14.8. The molecule has 1 aliphatic carbocycles. The van der Waals surface area contributed by atoms with Gasteiger partial charge in [0.15, 0.2) is 0 Å². The largest absolute Gasteiger partial charge is 0.390 e. The number of carbonyl (C=O) groups excluding carboxylic acids is 2. The number of benzene rings is 1. The maximum atomic E-state index is 14.1. The molecule has 4 rings (SSSR count). The van der Waals surface area contributed by atoms with E-state index in [0.717, 1.165) is 31.2 Å². The summed E-state index contributed by atoms with van der Waals surface area (Å²) in [7, 11) is -1.82. The van der Waals surface area contributed by atoms with Crippen LogP contribution in [0.25, 0.3) is 0 Å². The number of nitrogens with zero attached hydrogens (tertiary/aromatic N) is 3. The maximum absolute atomic E-state index is 14.1. The van der Waals surface area contributed by atoms with Gasteiger partial charge in [-0.1, -0.05) is 76.3 Å². The lowest BCUT2D eigenvalue weighted by Gasteiger charge is -2.34. The first-order valence-electron chi connectivity index (χ1n) is 17.5. The number of thiazole rings is 1. The van der Waals surface area contributed by atoms with Crippen molar-refractivity contribution in [3.05, 3.63) is 52.5 Å². The molecule has 13 heteroatoms. The summed E-state index contributed by atoms with van der Waals surface area (Å²) in [6.45, 7) is 5.90. The summed E-state index contributed by atoms with van der Waals surface area (Å²) < 4.78 is 28.7. The molecule has 268 valence electrons. The van der Waals surface area contributed by atoms with Crippen LogP contribution in [0.3, 0.4) is 0 Å². The van der Waals surface area contributed by atoms with Gasteiger partial charge in [-0.3, -0.25) is 9.59 Å². The van der Waals surface area contributed by atoms with Gasteiger partial charge in [0.05, 0.1) is 35.0 Å². The van der Waals surface area contributed by atoms with Crippen molar-refractivity contribution in [2.75, 3.05) is 39.0 Å². The molecule has 2 heterocycles. The lowest BCUT2D eigenvalue weighted by atomic mass is 9.82. The predicted octanol–water partition coefficient (Wildman–Crippen LogP) is 2.83. The van der Waals surface area contributed by atoms with Crippen molar-refractivity contribution in [2.24, 2.45) is 17.8 Å². The molecule has 0 spiro atoms. The van der Waals surface area contributed by atoms with Crippen molar-refractivity contribution in [2.45, 2.75) is 95.9 Å². The van der Waals surface area contributed by atoms with Crippen LogP contribution in [0.4, 0.5) is 0 Å². The van der Waals surface area contributed by atoms with Crippen LogP contribution >= 0.6 is 11.3 Å². The minimum Gasteiger partial charge on any atom is -0.390 e. The maximum Gasteiger partial charge on any atom is 0.243 e. The highest BCUT2D eigenvalue weighted by molar-refractivity contribution is 7.89. The minimum absolute atomic E-state index is 0.102. The van der Waals surface area contributed by atoms with E-state index in [0.29, 0.717) is 50.6 Å². The van der Waals surface area contributed by atoms with Gasteiger partial charge in [0.2, 0.25) is 21.8 Å². The molecule has 2 aliphatic rings. The summed E-state index contributed by atoms with van der Waals surface area (Å²) >= 11 is 1.38. The molecule has 1 saturated heterocycles. The highest BCUT2D eigenvalue weighted by Crippen LogP contribution is 2.29. The number of piperazine rings is 1. The Bertz CT molecular complexity index is 1360. The number of aromatic nitrogens is 1. The zero-order chi connectivity index (χ0) is 34.7. The second-order valence-corrected chi connectivity index (χ2v) is 16.9. The first-order valence-corrected chi connectivity index (χ1v) is 20.0. The smallest absolute Gasteiger partial charge is 0.243 e. The normalized spacial score (nSPS) is 20.1. The van der Waals surface area contributed by atoms with E-state index in [-0.39, 0.29) is 24.5 Å². The van der Waals surface area contributed by atoms with Gasteiger partial charge in [-0.05, 0) is 43.7 Å². The Labute approximate surface area is 290 Å². The topological polar surface area (TPSA) is 152 Å². The number of sulfonamides is 1. The van der Waals surface area contributed by atoms with Crippen molar-refractivity contribution < 1.29 is 28.2 Å². The van der Waals surface area contributed by atoms with Crippen LogP contribution in [-0.2, 0) is 32.5 Å². The standard InChI is InChI=1S/C35H55N5O6S2/c1-25(2)18-32(41)33(42)30(20-27-12-8-5-9-13-27)37-35(44)31(21-29-22-47-24-36-29)38-34(43)28(19-26-10-6-4-7-11-26)23-48(45,46)40-16-14-39(3)15-17-40/h4,6-7,10-11,22,24-25,27-28,30-33,41-42H,5,8-9,12-21,23H2,1-3H3,(H,37,44)(H,38,43). The van der Waals surface area contributed by atoms with Gasteiger partial charge in [0.25, 0.3) is 0 Å². The molecule has 48 heavy (non-hydrogen) atoms. The number of aliphatic hydroxyl groups excluding tert-OH is 2. The summed E-state index contributed by atoms with van der Waals surface area (Å²) in [5.74, 6) is -1.89. The predicted molar refractivity (Wildman–Crippen MR) is 189 cm³/mol. The highest BCUT2D eigenvalue weighted by Gasteiger charge is 2.36. The van der Waals surface area contributed by atoms with Gasteiger partial charge in [0, 0.05) is 38.0 Å². The highest BCUT2D eigenvalue weighted by atomic mass is 32.2. The molecule has 0 radical (unpaired) electrons. The molecule has 1 aliphatic heterocycles. The van der Waals surface area contributed by atoms with Crippen LogP contribution in [-0.4, -0.2) is 108 Å². The first-order chi connectivity index (χ1) is 22.9. The average Bonchev–Trinajstić information content (AvgIpc) is 3.57. The molecule has 2 fully saturated rings. The molecule has 1 aromatic heterocycles. The number of hydrogen-bond acceptors (Lipinski definition) is 9. The van der Waals surface area contributed by atoms with Crippen molar-refractivity contribution >= 4 is 33.2 Å². The number of aliphatic hydroxyl groups is 2. The van der Waals surface area contributed by atoms with E-state index < -0.39 is 52.0 Å². The monoisotopic (exact) mass is 705 g/mol. The Balaban J connectivity index is 1.56. The Morgan fingerprint density at radius 3 is 2.29 bits per heavy atom. The number of likely N-dealkylation sites (N-methyl/N-ethyl adjacent to an activating group) is 1. The third-order valence-corrected chi connectivity index (χ3v) is 12.3. The molecular formula is C35H55N5O6S2. The van der Waals surface area contributed by atoms with Gasteiger partial charge in [-0.15, -0.1) is 11.3 Å². The fraction of sp³-hybridized carbons (Fsp3) is 0.686. The summed E-state index contributed by atoms with van der Waals surface area (Å²) in [6.07, 6.45) is 4.38. The van der Waals surface area contributed by atoms with Crippen molar-refractivity contribution in [3.63, 3.8) is 0 Å². The van der Waals surface area contributed by atoms with Crippen LogP contribution < -0.4 is 10.6 Å². The lowest BCUT2D eigenvalue weighted by Crippen LogP contribution is -2.57. The first kappa shape index (κ1) is 38.4. The fourth-order valence-electron chi connectivity index (χ4n) is 6.84. The number of rotatable bonds is 17. The molecule has 2 aromatic rings. The van der Waals surface area contributed by atoms with E-state index in [4.69, 9.17) is 0 Å². The second-order valence-electron chi connectivity index (χ2n) is 14.2. The summed E-state index contributed by atoms with van der Waals surface area (Å²) in [5.41, 5.74) is 3.10. The summed E-state index contributed by atoms with van der Waals surface area (Å²) in [4.78, 5) is 34.6. The number of nitrogens with one attached hydrogen (secondary N) is 2. The van der Waals surface area contributed by atoms with Crippen LogP contribution in [0.2, 0.25) is 0 Å². The van der Waals surface area contributed by atoms with E-state index in [1.165, 1.54) is 22.1 Å². The van der Waals surface area contributed by atoms with Gasteiger partial charge in [0.1, 0.15) is 12.1 Å². The molecule has 2 amide bonds. The second kappa shape index (κ2) is 18.5. The van der Waals surface area contributed by atoms with Crippen molar-refractivity contribution in [1.29, 1.82) is 0 Å². The van der Waals surface area contributed by atoms with Crippen LogP contribution in [0.1, 0.15) is 70.1 Å².